The van der Waals surface area contributed by atoms with Crippen molar-refractivity contribution < 1.29 is 4.42 Å². The molecule has 4 heteroatoms. The number of oxazole rings is 1. The van der Waals surface area contributed by atoms with Gasteiger partial charge in [0.1, 0.15) is 5.52 Å². The maximum Gasteiger partial charge on any atom is 0.298 e. The van der Waals surface area contributed by atoms with Crippen molar-refractivity contribution in [3.05, 3.63) is 24.3 Å². The van der Waals surface area contributed by atoms with Crippen LogP contribution in [0, 0.1) is 5.92 Å². The molecule has 1 fully saturated rings. The average molecular weight is 231 g/mol. The van der Waals surface area contributed by atoms with Crippen LogP contribution in [0.4, 0.5) is 6.01 Å². The number of rotatable bonds is 2. The number of para-hydroxylation sites is 2. The van der Waals surface area contributed by atoms with E-state index in [1.165, 1.54) is 0 Å². The Morgan fingerprint density at radius 1 is 1.35 bits per heavy atom. The normalized spacial score (nSPS) is 18.7. The molecule has 0 amide bonds. The first-order valence-electron chi connectivity index (χ1n) is 5.98. The monoisotopic (exact) mass is 231 g/mol. The van der Waals surface area contributed by atoms with Gasteiger partial charge < -0.3 is 15.1 Å². The van der Waals surface area contributed by atoms with Gasteiger partial charge in [-0.25, -0.2) is 0 Å². The molecule has 0 saturated carbocycles. The van der Waals surface area contributed by atoms with Crippen LogP contribution in [0.1, 0.15) is 13.8 Å². The first-order valence-corrected chi connectivity index (χ1v) is 5.98. The number of nitrogens with two attached hydrogens (primary N) is 1. The zero-order chi connectivity index (χ0) is 12.0. The van der Waals surface area contributed by atoms with Crippen molar-refractivity contribution in [2.24, 2.45) is 11.7 Å². The molecule has 1 saturated heterocycles. The average Bonchev–Trinajstić information content (AvgIpc) is 2.67. The summed E-state index contributed by atoms with van der Waals surface area (Å²) in [6.45, 7) is 5.95. The van der Waals surface area contributed by atoms with Gasteiger partial charge in [0.25, 0.3) is 6.01 Å². The van der Waals surface area contributed by atoms with Crippen molar-refractivity contribution in [1.29, 1.82) is 0 Å². The second kappa shape index (κ2) is 3.47. The molecule has 1 aliphatic rings. The van der Waals surface area contributed by atoms with Crippen LogP contribution in [-0.4, -0.2) is 23.6 Å². The predicted molar refractivity (Wildman–Crippen MR) is 68.0 cm³/mol. The molecule has 90 valence electrons. The van der Waals surface area contributed by atoms with Gasteiger partial charge in [0.15, 0.2) is 5.58 Å². The highest BCUT2D eigenvalue weighted by atomic mass is 16.4. The SMILES string of the molecule is CC(C)C1(N)CN(c2nc3ccccc3o2)C1. The fourth-order valence-corrected chi connectivity index (χ4v) is 2.16. The summed E-state index contributed by atoms with van der Waals surface area (Å²) >= 11 is 0. The van der Waals surface area contributed by atoms with Gasteiger partial charge in [0.05, 0.1) is 5.54 Å². The largest absolute Gasteiger partial charge is 0.423 e. The van der Waals surface area contributed by atoms with Crippen LogP contribution in [0.25, 0.3) is 11.1 Å². The highest BCUT2D eigenvalue weighted by Crippen LogP contribution is 2.32. The summed E-state index contributed by atoms with van der Waals surface area (Å²) in [5.41, 5.74) is 7.90. The fraction of sp³-hybridized carbons (Fsp3) is 0.462. The van der Waals surface area contributed by atoms with E-state index in [1.54, 1.807) is 0 Å². The van der Waals surface area contributed by atoms with Crippen LogP contribution >= 0.6 is 0 Å². The molecular weight excluding hydrogens is 214 g/mol. The molecule has 2 N–H and O–H groups in total. The molecule has 0 unspecified atom stereocenters. The lowest BCUT2D eigenvalue weighted by atomic mass is 9.80. The smallest absolute Gasteiger partial charge is 0.298 e. The van der Waals surface area contributed by atoms with E-state index < -0.39 is 0 Å². The summed E-state index contributed by atoms with van der Waals surface area (Å²) in [7, 11) is 0. The van der Waals surface area contributed by atoms with E-state index >= 15 is 0 Å². The Hall–Kier alpha value is -1.55. The molecule has 1 aliphatic heterocycles. The predicted octanol–water partition coefficient (Wildman–Crippen LogP) is 2.00. The third kappa shape index (κ3) is 1.60. The van der Waals surface area contributed by atoms with E-state index in [1.807, 2.05) is 24.3 Å². The highest BCUT2D eigenvalue weighted by Gasteiger charge is 2.43. The molecule has 2 heterocycles. The number of benzene rings is 1. The number of anilines is 1. The van der Waals surface area contributed by atoms with Crippen LogP contribution in [0.5, 0.6) is 0 Å². The molecule has 4 nitrogen and oxygen atoms in total. The van der Waals surface area contributed by atoms with Gasteiger partial charge in [-0.15, -0.1) is 0 Å². The maximum absolute atomic E-state index is 6.26. The van der Waals surface area contributed by atoms with E-state index in [2.05, 4.69) is 23.7 Å². The molecule has 0 aliphatic carbocycles. The lowest BCUT2D eigenvalue weighted by molar-refractivity contribution is 0.235. The van der Waals surface area contributed by atoms with Gasteiger partial charge in [-0.1, -0.05) is 26.0 Å². The van der Waals surface area contributed by atoms with Gasteiger partial charge in [-0.2, -0.15) is 4.98 Å². The molecular formula is C13H17N3O. The maximum atomic E-state index is 6.26. The summed E-state index contributed by atoms with van der Waals surface area (Å²) in [6, 6.07) is 8.50. The summed E-state index contributed by atoms with van der Waals surface area (Å²) < 4.78 is 5.70. The molecule has 0 atom stereocenters. The number of aromatic nitrogens is 1. The first-order chi connectivity index (χ1) is 8.08. The third-order valence-corrected chi connectivity index (χ3v) is 3.67. The van der Waals surface area contributed by atoms with E-state index in [4.69, 9.17) is 10.2 Å². The Balaban J connectivity index is 1.83. The molecule has 3 rings (SSSR count). The van der Waals surface area contributed by atoms with Crippen molar-refractivity contribution in [3.8, 4) is 0 Å². The minimum atomic E-state index is -0.0966. The Labute approximate surface area is 100 Å². The Morgan fingerprint density at radius 3 is 2.71 bits per heavy atom. The van der Waals surface area contributed by atoms with Crippen LogP contribution in [0.15, 0.2) is 28.7 Å². The van der Waals surface area contributed by atoms with E-state index in [-0.39, 0.29) is 5.54 Å². The quantitative estimate of drug-likeness (QED) is 0.859. The fourth-order valence-electron chi connectivity index (χ4n) is 2.16. The topological polar surface area (TPSA) is 55.3 Å². The molecule has 2 aromatic rings. The third-order valence-electron chi connectivity index (χ3n) is 3.67. The van der Waals surface area contributed by atoms with Crippen molar-refractivity contribution >= 4 is 17.1 Å². The summed E-state index contributed by atoms with van der Waals surface area (Å²) in [6.07, 6.45) is 0. The minimum Gasteiger partial charge on any atom is -0.423 e. The second-order valence-electron chi connectivity index (χ2n) is 5.21. The van der Waals surface area contributed by atoms with E-state index in [9.17, 15) is 0 Å². The van der Waals surface area contributed by atoms with E-state index in [0.29, 0.717) is 11.9 Å². The molecule has 1 aromatic carbocycles. The Bertz CT molecular complexity index is 507. The van der Waals surface area contributed by atoms with Gasteiger partial charge in [-0.05, 0) is 18.1 Å². The number of nitrogens with zero attached hydrogens (tertiary/aromatic N) is 2. The van der Waals surface area contributed by atoms with Crippen molar-refractivity contribution in [3.63, 3.8) is 0 Å². The zero-order valence-electron chi connectivity index (χ0n) is 10.2. The number of hydrogen-bond donors (Lipinski definition) is 1. The van der Waals surface area contributed by atoms with Crippen LogP contribution in [-0.2, 0) is 0 Å². The van der Waals surface area contributed by atoms with Gasteiger partial charge >= 0.3 is 0 Å². The lowest BCUT2D eigenvalue weighted by Gasteiger charge is -2.49. The van der Waals surface area contributed by atoms with Crippen molar-refractivity contribution in [2.45, 2.75) is 19.4 Å². The zero-order valence-corrected chi connectivity index (χ0v) is 10.2. The first kappa shape index (κ1) is 10.6. The van der Waals surface area contributed by atoms with Gasteiger partial charge in [0.2, 0.25) is 0 Å². The minimum absolute atomic E-state index is 0.0966. The van der Waals surface area contributed by atoms with E-state index in [0.717, 1.165) is 24.2 Å². The van der Waals surface area contributed by atoms with Crippen molar-refractivity contribution in [1.82, 2.24) is 4.98 Å². The highest BCUT2D eigenvalue weighted by molar-refractivity contribution is 5.74. The molecule has 1 aromatic heterocycles. The lowest BCUT2D eigenvalue weighted by Crippen LogP contribution is -2.70. The molecule has 0 spiro atoms. The second-order valence-corrected chi connectivity index (χ2v) is 5.21. The molecule has 17 heavy (non-hydrogen) atoms. The standard InChI is InChI=1S/C13H17N3O/c1-9(2)13(14)7-16(8-13)12-15-10-5-3-4-6-11(10)17-12/h3-6,9H,7-8,14H2,1-2H3. The van der Waals surface area contributed by atoms with Crippen molar-refractivity contribution in [2.75, 3.05) is 18.0 Å². The summed E-state index contributed by atoms with van der Waals surface area (Å²) in [5, 5.41) is 0. The van der Waals surface area contributed by atoms with Gasteiger partial charge in [-0.3, -0.25) is 0 Å². The summed E-state index contributed by atoms with van der Waals surface area (Å²) in [4.78, 5) is 6.56. The molecule has 0 bridgehead atoms. The van der Waals surface area contributed by atoms with Gasteiger partial charge in [0, 0.05) is 13.1 Å². The Kier molecular flexibility index (Phi) is 2.16. The van der Waals surface area contributed by atoms with Crippen LogP contribution in [0.2, 0.25) is 0 Å². The van der Waals surface area contributed by atoms with Crippen LogP contribution < -0.4 is 10.6 Å². The Morgan fingerprint density at radius 2 is 2.06 bits per heavy atom. The number of hydrogen-bond acceptors (Lipinski definition) is 4. The van der Waals surface area contributed by atoms with Crippen LogP contribution in [0.3, 0.4) is 0 Å². The number of fused-ring (bicyclic) bond motifs is 1. The molecule has 0 radical (unpaired) electrons. The summed E-state index contributed by atoms with van der Waals surface area (Å²) in [5.74, 6) is 0.475.